The number of carbonyl (C=O) groups excluding carboxylic acids is 3. The Labute approximate surface area is 404 Å². The zero-order valence-electron chi connectivity index (χ0n) is 40.0. The van der Waals surface area contributed by atoms with E-state index in [2.05, 4.69) is 52.7 Å². The highest BCUT2D eigenvalue weighted by molar-refractivity contribution is 6.01. The molecule has 6 amide bonds. The summed E-state index contributed by atoms with van der Waals surface area (Å²) in [5, 5.41) is 17.5. The van der Waals surface area contributed by atoms with E-state index in [0.29, 0.717) is 70.6 Å². The molecule has 0 heterocycles. The first-order chi connectivity index (χ1) is 33.5. The number of urea groups is 3. The van der Waals surface area contributed by atoms with Crippen LogP contribution in [0.15, 0.2) is 146 Å². The van der Waals surface area contributed by atoms with Crippen molar-refractivity contribution in [2.75, 3.05) is 31.9 Å². The quantitative estimate of drug-likeness (QED) is 0.0504. The van der Waals surface area contributed by atoms with E-state index in [4.69, 9.17) is 14.2 Å². The average Bonchev–Trinajstić information content (AvgIpc) is 3.32. The smallest absolute Gasteiger partial charge is 0.323 e. The van der Waals surface area contributed by atoms with Crippen molar-refractivity contribution in [1.82, 2.24) is 0 Å². The first-order valence-electron chi connectivity index (χ1n) is 23.3. The van der Waals surface area contributed by atoms with Gasteiger partial charge in [-0.1, -0.05) is 75.4 Å². The van der Waals surface area contributed by atoms with Crippen LogP contribution in [0.5, 0.6) is 17.2 Å². The molecule has 69 heavy (non-hydrogen) atoms. The summed E-state index contributed by atoms with van der Waals surface area (Å²) < 4.78 is 19.8. The molecule has 7 aromatic carbocycles. The molecule has 6 N–H and O–H groups in total. The van der Waals surface area contributed by atoms with Crippen LogP contribution in [0.1, 0.15) is 70.8 Å². The Morgan fingerprint density at radius 3 is 0.797 bits per heavy atom. The number of hydrogen-bond donors (Lipinski definition) is 6. The Balaban J connectivity index is 1.15. The second-order valence-electron chi connectivity index (χ2n) is 16.7. The van der Waals surface area contributed by atoms with Crippen LogP contribution in [0.2, 0.25) is 0 Å². The Bertz CT molecular complexity index is 2600. The molecule has 0 fully saturated rings. The van der Waals surface area contributed by atoms with Crippen molar-refractivity contribution in [1.29, 1.82) is 0 Å². The molecule has 7 rings (SSSR count). The van der Waals surface area contributed by atoms with E-state index >= 15 is 0 Å². The Morgan fingerprint density at radius 1 is 0.333 bits per heavy atom. The molecule has 0 aromatic heterocycles. The van der Waals surface area contributed by atoms with Gasteiger partial charge in [-0.2, -0.15) is 0 Å². The van der Waals surface area contributed by atoms with Crippen LogP contribution in [-0.4, -0.2) is 18.1 Å². The highest BCUT2D eigenvalue weighted by Crippen LogP contribution is 2.34. The summed E-state index contributed by atoms with van der Waals surface area (Å²) >= 11 is 0. The number of aryl methyl sites for hydroxylation is 3. The summed E-state index contributed by atoms with van der Waals surface area (Å²) in [7, 11) is 0. The molecule has 0 saturated heterocycles. The number of hydrogen-bond acceptors (Lipinski definition) is 6. The molecule has 7 aromatic rings. The third-order valence-corrected chi connectivity index (χ3v) is 11.5. The predicted octanol–water partition coefficient (Wildman–Crippen LogP) is 14.0. The summed E-state index contributed by atoms with van der Waals surface area (Å²) in [5.41, 5.74) is 13.5. The molecule has 0 saturated carbocycles. The number of rotatable bonds is 18. The lowest BCUT2D eigenvalue weighted by Gasteiger charge is -2.26. The Hall–Kier alpha value is -8.25. The van der Waals surface area contributed by atoms with Gasteiger partial charge in [-0.3, -0.25) is 0 Å². The maximum Gasteiger partial charge on any atom is 0.323 e. The second kappa shape index (κ2) is 23.5. The van der Waals surface area contributed by atoms with Crippen LogP contribution in [-0.2, 0) is 39.1 Å². The molecule has 0 bridgehead atoms. The monoisotopic (exact) mass is 924 g/mol. The third-order valence-electron chi connectivity index (χ3n) is 11.5. The number of benzene rings is 7. The van der Waals surface area contributed by atoms with E-state index in [9.17, 15) is 14.4 Å². The molecule has 0 aliphatic carbocycles. The second-order valence-corrected chi connectivity index (χ2v) is 16.7. The van der Waals surface area contributed by atoms with Crippen molar-refractivity contribution in [2.45, 2.75) is 80.6 Å². The summed E-state index contributed by atoms with van der Waals surface area (Å²) in [4.78, 5) is 38.9. The molecule has 12 heteroatoms. The van der Waals surface area contributed by atoms with Crippen LogP contribution >= 0.6 is 0 Å². The number of carbonyl (C=O) groups is 3. The van der Waals surface area contributed by atoms with Crippen molar-refractivity contribution in [3.05, 3.63) is 196 Å². The van der Waals surface area contributed by atoms with Gasteiger partial charge in [0.05, 0.1) is 0 Å². The minimum absolute atomic E-state index is 0.250. The Kier molecular flexibility index (Phi) is 16.6. The van der Waals surface area contributed by atoms with Crippen molar-refractivity contribution < 1.29 is 28.6 Å². The SMILES string of the molecule is CCc1c(COc2cccc(NC(=O)Nc3cccc(C)c3)c2)c(CC)c(COc2cccc(NC(=O)Nc3cccc(C)c3)c2)c(CC)c1COc1cccc(NC(=O)Nc2cccc(C)c2)c1. The van der Waals surface area contributed by atoms with Gasteiger partial charge in [-0.05, 0) is 163 Å². The third kappa shape index (κ3) is 13.7. The van der Waals surface area contributed by atoms with E-state index in [1.54, 1.807) is 0 Å². The number of ether oxygens (including phenoxy) is 3. The number of anilines is 6. The van der Waals surface area contributed by atoms with Crippen LogP contribution in [0.4, 0.5) is 48.5 Å². The molecule has 12 nitrogen and oxygen atoms in total. The van der Waals surface area contributed by atoms with Crippen molar-refractivity contribution in [3.8, 4) is 17.2 Å². The van der Waals surface area contributed by atoms with Gasteiger partial charge in [0.2, 0.25) is 0 Å². The van der Waals surface area contributed by atoms with Gasteiger partial charge in [-0.15, -0.1) is 0 Å². The predicted molar refractivity (Wildman–Crippen MR) is 278 cm³/mol. The fourth-order valence-electron chi connectivity index (χ4n) is 8.40. The minimum Gasteiger partial charge on any atom is -0.489 e. The fourth-order valence-corrected chi connectivity index (χ4v) is 8.40. The van der Waals surface area contributed by atoms with Crippen molar-refractivity contribution >= 4 is 52.2 Å². The van der Waals surface area contributed by atoms with E-state index < -0.39 is 0 Å². The summed E-state index contributed by atoms with van der Waals surface area (Å²) in [5.74, 6) is 1.78. The molecule has 0 aliphatic rings. The standard InChI is InChI=1S/C57H60N6O6/c1-7-49-52(34-67-46-25-13-22-43(31-46)61-55(64)58-40-19-10-16-37(4)28-40)50(8-2)54(36-69-48-27-15-24-45(33-48)63-57(66)60-42-21-12-18-39(6)30-42)51(9-3)53(49)35-68-47-26-14-23-44(32-47)62-56(65)59-41-20-11-17-38(5)29-41/h10-33H,7-9,34-36H2,1-6H3,(H2,58,61,64)(H2,59,62,65)(H2,60,63,66). The van der Waals surface area contributed by atoms with Crippen molar-refractivity contribution in [3.63, 3.8) is 0 Å². The van der Waals surface area contributed by atoms with E-state index in [0.717, 1.165) is 50.1 Å². The maximum absolute atomic E-state index is 13.0. The lowest BCUT2D eigenvalue weighted by atomic mass is 9.84. The van der Waals surface area contributed by atoms with Gasteiger partial charge in [-0.25, -0.2) is 14.4 Å². The minimum atomic E-state index is -0.359. The lowest BCUT2D eigenvalue weighted by Crippen LogP contribution is -2.19. The van der Waals surface area contributed by atoms with Crippen LogP contribution < -0.4 is 46.1 Å². The van der Waals surface area contributed by atoms with Gasteiger partial charge in [0.15, 0.2) is 0 Å². The Morgan fingerprint density at radius 2 is 0.565 bits per heavy atom. The normalized spacial score (nSPS) is 10.7. The van der Waals surface area contributed by atoms with Gasteiger partial charge < -0.3 is 46.1 Å². The van der Waals surface area contributed by atoms with E-state index in [1.165, 1.54) is 0 Å². The first-order valence-corrected chi connectivity index (χ1v) is 23.3. The van der Waals surface area contributed by atoms with Crippen LogP contribution in [0, 0.1) is 20.8 Å². The zero-order chi connectivity index (χ0) is 48.7. The highest BCUT2D eigenvalue weighted by atomic mass is 16.5. The number of nitrogens with one attached hydrogen (secondary N) is 6. The zero-order valence-corrected chi connectivity index (χ0v) is 40.0. The van der Waals surface area contributed by atoms with Crippen LogP contribution in [0.3, 0.4) is 0 Å². The topological polar surface area (TPSA) is 151 Å². The summed E-state index contributed by atoms with van der Waals surface area (Å²) in [6, 6.07) is 43.9. The lowest BCUT2D eigenvalue weighted by molar-refractivity contribution is 0.261. The van der Waals surface area contributed by atoms with Gasteiger partial charge in [0.1, 0.15) is 37.1 Å². The molecule has 0 atom stereocenters. The highest BCUT2D eigenvalue weighted by Gasteiger charge is 2.23. The maximum atomic E-state index is 13.0. The molecular formula is C57H60N6O6. The average molecular weight is 925 g/mol. The fraction of sp³-hybridized carbons (Fsp3) is 0.211. The van der Waals surface area contributed by atoms with Crippen LogP contribution in [0.25, 0.3) is 0 Å². The van der Waals surface area contributed by atoms with E-state index in [1.807, 2.05) is 166 Å². The largest absolute Gasteiger partial charge is 0.489 e. The first kappa shape index (κ1) is 48.7. The van der Waals surface area contributed by atoms with Gasteiger partial charge >= 0.3 is 18.1 Å². The van der Waals surface area contributed by atoms with Gasteiger partial charge in [0.25, 0.3) is 0 Å². The number of amides is 6. The molecule has 0 spiro atoms. The van der Waals surface area contributed by atoms with Gasteiger partial charge in [0, 0.05) is 52.3 Å². The van der Waals surface area contributed by atoms with Crippen molar-refractivity contribution in [2.24, 2.45) is 0 Å². The summed E-state index contributed by atoms with van der Waals surface area (Å²) in [6.45, 7) is 13.1. The molecule has 0 radical (unpaired) electrons. The molecule has 0 aliphatic heterocycles. The molecule has 354 valence electrons. The molecule has 0 unspecified atom stereocenters. The summed E-state index contributed by atoms with van der Waals surface area (Å²) in [6.07, 6.45) is 2.12. The van der Waals surface area contributed by atoms with E-state index in [-0.39, 0.29) is 37.9 Å². The molecular weight excluding hydrogens is 865 g/mol.